The van der Waals surface area contributed by atoms with Gasteiger partial charge in [-0.1, -0.05) is 12.1 Å². The fourth-order valence-corrected chi connectivity index (χ4v) is 2.54. The summed E-state index contributed by atoms with van der Waals surface area (Å²) in [5.74, 6) is 0.475. The minimum absolute atomic E-state index is 0.262. The summed E-state index contributed by atoms with van der Waals surface area (Å²) in [6, 6.07) is 15.0. The predicted octanol–water partition coefficient (Wildman–Crippen LogP) is 4.46. The number of aromatic nitrogens is 2. The van der Waals surface area contributed by atoms with Crippen LogP contribution in [-0.4, -0.2) is 22.5 Å². The lowest BCUT2D eigenvalue weighted by Crippen LogP contribution is -2.06. The number of benzene rings is 2. The van der Waals surface area contributed by atoms with E-state index in [-0.39, 0.29) is 11.8 Å². The molecule has 0 bridgehead atoms. The summed E-state index contributed by atoms with van der Waals surface area (Å²) in [4.78, 5) is 20.5. The summed E-state index contributed by atoms with van der Waals surface area (Å²) in [6.45, 7) is 4.50. The zero-order chi connectivity index (χ0) is 19.9. The number of anilines is 3. The molecule has 0 unspecified atom stereocenters. The fraction of sp³-hybridized carbons (Fsp3) is 0.190. The van der Waals surface area contributed by atoms with Gasteiger partial charge in [-0.25, -0.2) is 14.2 Å². The molecule has 0 aliphatic carbocycles. The van der Waals surface area contributed by atoms with Crippen LogP contribution >= 0.6 is 0 Å². The Morgan fingerprint density at radius 3 is 2.46 bits per heavy atom. The van der Waals surface area contributed by atoms with Crippen molar-refractivity contribution in [1.82, 2.24) is 9.97 Å². The summed E-state index contributed by atoms with van der Waals surface area (Å²) in [7, 11) is 0. The molecule has 1 aromatic heterocycles. The first kappa shape index (κ1) is 19.3. The molecular formula is C21H21FN4O2. The van der Waals surface area contributed by atoms with Crippen molar-refractivity contribution in [1.29, 1.82) is 0 Å². The van der Waals surface area contributed by atoms with Crippen LogP contribution in [0.1, 0.15) is 28.5 Å². The summed E-state index contributed by atoms with van der Waals surface area (Å²) >= 11 is 0. The maximum atomic E-state index is 13.0. The van der Waals surface area contributed by atoms with E-state index in [1.807, 2.05) is 13.0 Å². The van der Waals surface area contributed by atoms with Gasteiger partial charge >= 0.3 is 5.97 Å². The van der Waals surface area contributed by atoms with E-state index in [9.17, 15) is 9.18 Å². The Morgan fingerprint density at radius 1 is 1.07 bits per heavy atom. The van der Waals surface area contributed by atoms with Crippen LogP contribution in [0.25, 0.3) is 0 Å². The number of esters is 1. The molecule has 2 N–H and O–H groups in total. The molecule has 0 saturated heterocycles. The van der Waals surface area contributed by atoms with Crippen LogP contribution in [0.3, 0.4) is 0 Å². The van der Waals surface area contributed by atoms with Crippen LogP contribution in [0.4, 0.5) is 21.8 Å². The van der Waals surface area contributed by atoms with Gasteiger partial charge in [0.05, 0.1) is 12.2 Å². The average Bonchev–Trinajstić information content (AvgIpc) is 2.68. The van der Waals surface area contributed by atoms with Crippen molar-refractivity contribution < 1.29 is 13.9 Å². The van der Waals surface area contributed by atoms with Crippen LogP contribution in [0.15, 0.2) is 54.6 Å². The monoisotopic (exact) mass is 380 g/mol. The summed E-state index contributed by atoms with van der Waals surface area (Å²) in [5.41, 5.74) is 2.98. The van der Waals surface area contributed by atoms with E-state index in [4.69, 9.17) is 4.74 Å². The average molecular weight is 380 g/mol. The lowest BCUT2D eigenvalue weighted by Gasteiger charge is -2.10. The van der Waals surface area contributed by atoms with Crippen LogP contribution in [0.2, 0.25) is 0 Å². The highest BCUT2D eigenvalue weighted by molar-refractivity contribution is 5.89. The third-order valence-electron chi connectivity index (χ3n) is 3.89. The first-order valence-corrected chi connectivity index (χ1v) is 8.91. The highest BCUT2D eigenvalue weighted by atomic mass is 19.1. The molecule has 0 amide bonds. The van der Waals surface area contributed by atoms with E-state index in [0.717, 1.165) is 16.9 Å². The van der Waals surface area contributed by atoms with Gasteiger partial charge < -0.3 is 15.4 Å². The van der Waals surface area contributed by atoms with Crippen LogP contribution in [-0.2, 0) is 11.3 Å². The number of aryl methyl sites for hydroxylation is 1. The number of rotatable bonds is 7. The summed E-state index contributed by atoms with van der Waals surface area (Å²) < 4.78 is 18.0. The Balaban J connectivity index is 1.67. The van der Waals surface area contributed by atoms with Gasteiger partial charge in [0.15, 0.2) is 0 Å². The van der Waals surface area contributed by atoms with Crippen LogP contribution < -0.4 is 10.6 Å². The largest absolute Gasteiger partial charge is 0.462 e. The van der Waals surface area contributed by atoms with Gasteiger partial charge in [0.1, 0.15) is 11.6 Å². The predicted molar refractivity (Wildman–Crippen MR) is 106 cm³/mol. The molecule has 144 valence electrons. The van der Waals surface area contributed by atoms with Gasteiger partial charge in [0.25, 0.3) is 0 Å². The molecule has 0 spiro atoms. The third-order valence-corrected chi connectivity index (χ3v) is 3.89. The zero-order valence-electron chi connectivity index (χ0n) is 15.7. The molecule has 0 radical (unpaired) electrons. The number of hydrogen-bond donors (Lipinski definition) is 2. The Morgan fingerprint density at radius 2 is 1.79 bits per heavy atom. The van der Waals surface area contributed by atoms with E-state index in [0.29, 0.717) is 30.5 Å². The number of halogens is 1. The maximum absolute atomic E-state index is 13.0. The minimum atomic E-state index is -0.354. The summed E-state index contributed by atoms with van der Waals surface area (Å²) in [6.07, 6.45) is 0. The van der Waals surface area contributed by atoms with Crippen molar-refractivity contribution in [2.45, 2.75) is 20.4 Å². The lowest BCUT2D eigenvalue weighted by atomic mass is 10.2. The Bertz CT molecular complexity index is 944. The number of ether oxygens (including phenoxy) is 1. The van der Waals surface area contributed by atoms with Crippen molar-refractivity contribution in [2.75, 3.05) is 17.2 Å². The SMILES string of the molecule is CCOC(=O)c1ccc(Nc2nc(C)cc(NCc3ccc(F)cc3)n2)cc1. The smallest absolute Gasteiger partial charge is 0.338 e. The highest BCUT2D eigenvalue weighted by Gasteiger charge is 2.07. The normalized spacial score (nSPS) is 10.4. The van der Waals surface area contributed by atoms with Crippen molar-refractivity contribution in [3.63, 3.8) is 0 Å². The Kier molecular flexibility index (Phi) is 6.16. The molecule has 0 aliphatic heterocycles. The molecule has 0 fully saturated rings. The van der Waals surface area contributed by atoms with E-state index in [1.165, 1.54) is 12.1 Å². The van der Waals surface area contributed by atoms with Crippen molar-refractivity contribution in [3.05, 3.63) is 77.2 Å². The maximum Gasteiger partial charge on any atom is 0.338 e. The van der Waals surface area contributed by atoms with Gasteiger partial charge in [0, 0.05) is 24.0 Å². The number of carbonyl (C=O) groups is 1. The van der Waals surface area contributed by atoms with Crippen molar-refractivity contribution in [3.8, 4) is 0 Å². The van der Waals surface area contributed by atoms with Gasteiger partial charge in [-0.3, -0.25) is 0 Å². The van der Waals surface area contributed by atoms with Crippen LogP contribution in [0.5, 0.6) is 0 Å². The molecular weight excluding hydrogens is 359 g/mol. The van der Waals surface area contributed by atoms with E-state index in [2.05, 4.69) is 20.6 Å². The first-order valence-electron chi connectivity index (χ1n) is 8.91. The van der Waals surface area contributed by atoms with Gasteiger partial charge in [-0.05, 0) is 55.8 Å². The van der Waals surface area contributed by atoms with E-state index in [1.54, 1.807) is 43.3 Å². The summed E-state index contributed by atoms with van der Waals surface area (Å²) in [5, 5.41) is 6.34. The molecule has 0 aliphatic rings. The Labute approximate surface area is 162 Å². The molecule has 1 heterocycles. The Hall–Kier alpha value is -3.48. The standard InChI is InChI=1S/C21H21FN4O2/c1-3-28-20(27)16-6-10-18(11-7-16)25-21-24-14(2)12-19(26-21)23-13-15-4-8-17(22)9-5-15/h4-12H,3,13H2,1-2H3,(H2,23,24,25,26). The van der Waals surface area contributed by atoms with Crippen molar-refractivity contribution >= 4 is 23.4 Å². The number of hydrogen-bond acceptors (Lipinski definition) is 6. The van der Waals surface area contributed by atoms with Gasteiger partial charge in [0.2, 0.25) is 5.95 Å². The zero-order valence-corrected chi connectivity index (χ0v) is 15.7. The number of carbonyl (C=O) groups excluding carboxylic acids is 1. The van der Waals surface area contributed by atoms with Crippen LogP contribution in [0, 0.1) is 12.7 Å². The highest BCUT2D eigenvalue weighted by Crippen LogP contribution is 2.17. The second-order valence-electron chi connectivity index (χ2n) is 6.12. The second kappa shape index (κ2) is 8.94. The molecule has 0 atom stereocenters. The second-order valence-corrected chi connectivity index (χ2v) is 6.12. The van der Waals surface area contributed by atoms with Crippen molar-refractivity contribution in [2.24, 2.45) is 0 Å². The molecule has 3 aromatic rings. The van der Waals surface area contributed by atoms with Gasteiger partial charge in [-0.2, -0.15) is 4.98 Å². The fourth-order valence-electron chi connectivity index (χ4n) is 2.54. The van der Waals surface area contributed by atoms with E-state index < -0.39 is 0 Å². The number of nitrogens with zero attached hydrogens (tertiary/aromatic N) is 2. The quantitative estimate of drug-likeness (QED) is 0.590. The molecule has 3 rings (SSSR count). The first-order chi connectivity index (χ1) is 13.5. The molecule has 28 heavy (non-hydrogen) atoms. The lowest BCUT2D eigenvalue weighted by molar-refractivity contribution is 0.0526. The van der Waals surface area contributed by atoms with E-state index >= 15 is 0 Å². The number of nitrogens with one attached hydrogen (secondary N) is 2. The molecule has 2 aromatic carbocycles. The third kappa shape index (κ3) is 5.26. The molecule has 7 heteroatoms. The molecule has 6 nitrogen and oxygen atoms in total. The van der Waals surface area contributed by atoms with Gasteiger partial charge in [-0.15, -0.1) is 0 Å². The molecule has 0 saturated carbocycles. The minimum Gasteiger partial charge on any atom is -0.462 e. The topological polar surface area (TPSA) is 76.1 Å².